The zero-order valence-electron chi connectivity index (χ0n) is 10.6. The first kappa shape index (κ1) is 14.2. The SMILES string of the molecule is COCCN1C(=O)CC(N)C1c1cc(Cl)ccc1F. The van der Waals surface area contributed by atoms with E-state index in [0.717, 1.165) is 0 Å². The van der Waals surface area contributed by atoms with Gasteiger partial charge in [0.05, 0.1) is 12.6 Å². The molecule has 6 heteroatoms. The summed E-state index contributed by atoms with van der Waals surface area (Å²) in [6.07, 6.45) is 0.209. The van der Waals surface area contributed by atoms with Crippen molar-refractivity contribution in [2.75, 3.05) is 20.3 Å². The monoisotopic (exact) mass is 286 g/mol. The van der Waals surface area contributed by atoms with Crippen LogP contribution in [-0.4, -0.2) is 37.1 Å². The van der Waals surface area contributed by atoms with Gasteiger partial charge in [0, 0.05) is 36.7 Å². The Bertz CT molecular complexity index is 484. The first-order chi connectivity index (χ1) is 9.04. The highest BCUT2D eigenvalue weighted by Gasteiger charge is 2.39. The van der Waals surface area contributed by atoms with Crippen LogP contribution in [0.25, 0.3) is 0 Å². The lowest BCUT2D eigenvalue weighted by Gasteiger charge is -2.27. The Morgan fingerprint density at radius 1 is 1.58 bits per heavy atom. The van der Waals surface area contributed by atoms with Gasteiger partial charge in [0.1, 0.15) is 5.82 Å². The van der Waals surface area contributed by atoms with Crippen LogP contribution in [0.4, 0.5) is 4.39 Å². The van der Waals surface area contributed by atoms with Crippen molar-refractivity contribution >= 4 is 17.5 Å². The van der Waals surface area contributed by atoms with E-state index in [4.69, 9.17) is 22.1 Å². The van der Waals surface area contributed by atoms with Gasteiger partial charge < -0.3 is 15.4 Å². The van der Waals surface area contributed by atoms with E-state index in [1.54, 1.807) is 12.0 Å². The lowest BCUT2D eigenvalue weighted by molar-refractivity contribution is -0.129. The molecule has 1 fully saturated rings. The summed E-state index contributed by atoms with van der Waals surface area (Å²) in [5.41, 5.74) is 6.33. The first-order valence-corrected chi connectivity index (χ1v) is 6.41. The molecule has 0 aliphatic carbocycles. The van der Waals surface area contributed by atoms with Gasteiger partial charge >= 0.3 is 0 Å². The molecule has 0 spiro atoms. The number of carbonyl (C=O) groups is 1. The molecule has 0 radical (unpaired) electrons. The number of amides is 1. The molecule has 1 aliphatic heterocycles. The van der Waals surface area contributed by atoms with Gasteiger partial charge in [0.25, 0.3) is 0 Å². The molecule has 1 heterocycles. The maximum absolute atomic E-state index is 13.9. The van der Waals surface area contributed by atoms with Crippen molar-refractivity contribution in [2.24, 2.45) is 5.73 Å². The van der Waals surface area contributed by atoms with Crippen molar-refractivity contribution in [1.82, 2.24) is 4.90 Å². The highest BCUT2D eigenvalue weighted by Crippen LogP contribution is 2.34. The van der Waals surface area contributed by atoms with E-state index in [1.165, 1.54) is 18.2 Å². The molecule has 0 bridgehead atoms. The van der Waals surface area contributed by atoms with Crippen LogP contribution in [0.1, 0.15) is 18.0 Å². The third kappa shape index (κ3) is 2.88. The molecule has 0 aromatic heterocycles. The molecule has 4 nitrogen and oxygen atoms in total. The molecule has 1 aromatic rings. The summed E-state index contributed by atoms with van der Waals surface area (Å²) in [5.74, 6) is -0.490. The number of hydrogen-bond acceptors (Lipinski definition) is 3. The second kappa shape index (κ2) is 5.86. The van der Waals surface area contributed by atoms with Crippen molar-refractivity contribution < 1.29 is 13.9 Å². The van der Waals surface area contributed by atoms with Gasteiger partial charge in [0.2, 0.25) is 5.91 Å². The normalized spacial score (nSPS) is 23.2. The predicted octanol–water partition coefficient (Wildman–Crippen LogP) is 1.73. The van der Waals surface area contributed by atoms with Crippen molar-refractivity contribution in [2.45, 2.75) is 18.5 Å². The number of hydrogen-bond donors (Lipinski definition) is 1. The average molecular weight is 287 g/mol. The topological polar surface area (TPSA) is 55.6 Å². The Kier molecular flexibility index (Phi) is 4.39. The van der Waals surface area contributed by atoms with Gasteiger partial charge in [0.15, 0.2) is 0 Å². The molecule has 2 unspecified atom stereocenters. The molecule has 1 amide bonds. The summed E-state index contributed by atoms with van der Waals surface area (Å²) in [5, 5.41) is 0.426. The fraction of sp³-hybridized carbons (Fsp3) is 0.462. The van der Waals surface area contributed by atoms with Crippen LogP contribution >= 0.6 is 11.6 Å². The van der Waals surface area contributed by atoms with Crippen LogP contribution in [0.3, 0.4) is 0 Å². The van der Waals surface area contributed by atoms with E-state index in [2.05, 4.69) is 0 Å². The van der Waals surface area contributed by atoms with Gasteiger partial charge in [-0.1, -0.05) is 11.6 Å². The van der Waals surface area contributed by atoms with E-state index >= 15 is 0 Å². The lowest BCUT2D eigenvalue weighted by atomic mass is 10.00. The standard InChI is InChI=1S/C13H16ClFN2O2/c1-19-5-4-17-12(18)7-11(16)13(17)9-6-8(14)2-3-10(9)15/h2-3,6,11,13H,4-5,7,16H2,1H3. The Balaban J connectivity index is 2.33. The highest BCUT2D eigenvalue weighted by atomic mass is 35.5. The fourth-order valence-corrected chi connectivity index (χ4v) is 2.59. The van der Waals surface area contributed by atoms with Crippen molar-refractivity contribution in [3.8, 4) is 0 Å². The third-order valence-corrected chi connectivity index (χ3v) is 3.52. The number of benzene rings is 1. The van der Waals surface area contributed by atoms with Crippen LogP contribution < -0.4 is 5.73 Å². The summed E-state index contributed by atoms with van der Waals surface area (Å²) in [7, 11) is 1.55. The fourth-order valence-electron chi connectivity index (χ4n) is 2.41. The van der Waals surface area contributed by atoms with Crippen LogP contribution in [0.2, 0.25) is 5.02 Å². The van der Waals surface area contributed by atoms with Crippen molar-refractivity contribution in [3.63, 3.8) is 0 Å². The average Bonchev–Trinajstić information content (AvgIpc) is 2.64. The van der Waals surface area contributed by atoms with Crippen LogP contribution in [0.5, 0.6) is 0 Å². The Morgan fingerprint density at radius 2 is 2.32 bits per heavy atom. The van der Waals surface area contributed by atoms with E-state index < -0.39 is 17.9 Å². The minimum absolute atomic E-state index is 0.0890. The van der Waals surface area contributed by atoms with Crippen LogP contribution in [0.15, 0.2) is 18.2 Å². The van der Waals surface area contributed by atoms with E-state index in [1.807, 2.05) is 0 Å². The van der Waals surface area contributed by atoms with Gasteiger partial charge in [-0.2, -0.15) is 0 Å². The Morgan fingerprint density at radius 3 is 3.00 bits per heavy atom. The maximum Gasteiger partial charge on any atom is 0.224 e. The minimum atomic E-state index is -0.485. The summed E-state index contributed by atoms with van der Waals surface area (Å²) >= 11 is 5.90. The first-order valence-electron chi connectivity index (χ1n) is 6.03. The maximum atomic E-state index is 13.9. The summed E-state index contributed by atoms with van der Waals surface area (Å²) < 4.78 is 18.9. The predicted molar refractivity (Wildman–Crippen MR) is 70.3 cm³/mol. The van der Waals surface area contributed by atoms with E-state index in [0.29, 0.717) is 23.7 Å². The van der Waals surface area contributed by atoms with E-state index in [9.17, 15) is 9.18 Å². The largest absolute Gasteiger partial charge is 0.383 e. The zero-order valence-corrected chi connectivity index (χ0v) is 11.4. The second-order valence-corrected chi connectivity index (χ2v) is 5.00. The number of rotatable bonds is 4. The lowest BCUT2D eigenvalue weighted by Crippen LogP contribution is -2.35. The minimum Gasteiger partial charge on any atom is -0.383 e. The molecule has 1 aliphatic rings. The molecule has 1 aromatic carbocycles. The zero-order chi connectivity index (χ0) is 14.0. The molecule has 19 heavy (non-hydrogen) atoms. The smallest absolute Gasteiger partial charge is 0.224 e. The van der Waals surface area contributed by atoms with Gasteiger partial charge in [-0.15, -0.1) is 0 Å². The van der Waals surface area contributed by atoms with Gasteiger partial charge in [-0.3, -0.25) is 4.79 Å². The van der Waals surface area contributed by atoms with Crippen molar-refractivity contribution in [1.29, 1.82) is 0 Å². The Labute approximate surface area is 116 Å². The van der Waals surface area contributed by atoms with Crippen LogP contribution in [0, 0.1) is 5.82 Å². The third-order valence-electron chi connectivity index (χ3n) is 3.29. The van der Waals surface area contributed by atoms with Crippen LogP contribution in [-0.2, 0) is 9.53 Å². The van der Waals surface area contributed by atoms with Crippen molar-refractivity contribution in [3.05, 3.63) is 34.6 Å². The molecule has 1 saturated heterocycles. The molecular weight excluding hydrogens is 271 g/mol. The quantitative estimate of drug-likeness (QED) is 0.917. The summed E-state index contributed by atoms with van der Waals surface area (Å²) in [4.78, 5) is 13.5. The number of nitrogens with zero attached hydrogens (tertiary/aromatic N) is 1. The summed E-state index contributed by atoms with van der Waals surface area (Å²) in [6.45, 7) is 0.775. The summed E-state index contributed by atoms with van der Waals surface area (Å²) in [6, 6.07) is 3.38. The van der Waals surface area contributed by atoms with E-state index in [-0.39, 0.29) is 12.3 Å². The second-order valence-electron chi connectivity index (χ2n) is 4.56. The number of ether oxygens (including phenoxy) is 1. The molecular formula is C13H16ClFN2O2. The molecule has 2 atom stereocenters. The molecule has 0 saturated carbocycles. The van der Waals surface area contributed by atoms with Gasteiger partial charge in [-0.25, -0.2) is 4.39 Å². The number of nitrogens with two attached hydrogens (primary N) is 1. The molecule has 2 rings (SSSR count). The van der Waals surface area contributed by atoms with Gasteiger partial charge in [-0.05, 0) is 18.2 Å². The number of methoxy groups -OCH3 is 1. The number of carbonyl (C=O) groups excluding carboxylic acids is 1. The molecule has 2 N–H and O–H groups in total. The number of likely N-dealkylation sites (tertiary alicyclic amines) is 1. The molecule has 104 valence electrons. The number of halogens is 2. The highest BCUT2D eigenvalue weighted by molar-refractivity contribution is 6.30. The Hall–Kier alpha value is -1.17.